The Bertz CT molecular complexity index is 601. The molecular formula is C13H16N2O4. The maximum atomic E-state index is 12.2. The molecule has 19 heavy (non-hydrogen) atoms. The minimum Gasteiger partial charge on any atom is -0.501 e. The van der Waals surface area contributed by atoms with Crippen LogP contribution in [-0.2, 0) is 16.7 Å². The molecule has 1 N–H and O–H groups in total. The van der Waals surface area contributed by atoms with Crippen LogP contribution in [0.3, 0.4) is 0 Å². The first-order valence-corrected chi connectivity index (χ1v) is 6.48. The highest BCUT2D eigenvalue weighted by atomic mass is 16.5. The SMILES string of the molecule is CC(=O)c1nc2n(c(=O)c1O)CCOCC21CCC1. The van der Waals surface area contributed by atoms with Crippen LogP contribution >= 0.6 is 0 Å². The standard InChI is InChI=1S/C13H16N2O4/c1-8(16)9-10(17)11(18)15-5-6-19-7-13(3-2-4-13)12(15)14-9/h17H,2-7H2,1H3. The summed E-state index contributed by atoms with van der Waals surface area (Å²) >= 11 is 0. The van der Waals surface area contributed by atoms with Gasteiger partial charge < -0.3 is 9.84 Å². The summed E-state index contributed by atoms with van der Waals surface area (Å²) < 4.78 is 7.03. The van der Waals surface area contributed by atoms with Crippen molar-refractivity contribution in [2.24, 2.45) is 0 Å². The van der Waals surface area contributed by atoms with Crippen molar-refractivity contribution >= 4 is 5.78 Å². The van der Waals surface area contributed by atoms with Crippen LogP contribution in [0.4, 0.5) is 0 Å². The highest BCUT2D eigenvalue weighted by Crippen LogP contribution is 2.43. The van der Waals surface area contributed by atoms with E-state index in [1.54, 1.807) is 0 Å². The van der Waals surface area contributed by atoms with E-state index in [-0.39, 0.29) is 11.1 Å². The van der Waals surface area contributed by atoms with Crippen LogP contribution in [-0.4, -0.2) is 33.7 Å². The largest absolute Gasteiger partial charge is 0.501 e. The number of fused-ring (bicyclic) bond motifs is 2. The predicted octanol–water partition coefficient (Wildman–Crippen LogP) is 0.603. The highest BCUT2D eigenvalue weighted by molar-refractivity contribution is 5.94. The summed E-state index contributed by atoms with van der Waals surface area (Å²) in [4.78, 5) is 28.0. The van der Waals surface area contributed by atoms with Crippen LogP contribution in [0.5, 0.6) is 5.75 Å². The Labute approximate surface area is 110 Å². The number of hydrogen-bond donors (Lipinski definition) is 1. The fraction of sp³-hybridized carbons (Fsp3) is 0.615. The second-order valence-corrected chi connectivity index (χ2v) is 5.33. The molecule has 0 unspecified atom stereocenters. The molecule has 0 atom stereocenters. The Hall–Kier alpha value is -1.69. The third kappa shape index (κ3) is 1.70. The number of aromatic hydroxyl groups is 1. The Kier molecular flexibility index (Phi) is 2.70. The number of nitrogens with zero attached hydrogens (tertiary/aromatic N) is 2. The normalized spacial score (nSPS) is 20.5. The molecule has 1 spiro atoms. The highest BCUT2D eigenvalue weighted by Gasteiger charge is 2.44. The maximum absolute atomic E-state index is 12.2. The number of carbonyl (C=O) groups is 1. The third-order valence-corrected chi connectivity index (χ3v) is 4.10. The summed E-state index contributed by atoms with van der Waals surface area (Å²) in [5.74, 6) is -0.338. The molecule has 6 nitrogen and oxygen atoms in total. The molecule has 1 aliphatic heterocycles. The number of hydrogen-bond acceptors (Lipinski definition) is 5. The summed E-state index contributed by atoms with van der Waals surface area (Å²) in [6.07, 6.45) is 2.87. The van der Waals surface area contributed by atoms with Crippen molar-refractivity contribution in [3.05, 3.63) is 21.9 Å². The van der Waals surface area contributed by atoms with Crippen LogP contribution in [0.15, 0.2) is 4.79 Å². The molecule has 0 saturated heterocycles. The van der Waals surface area contributed by atoms with Gasteiger partial charge in [-0.15, -0.1) is 0 Å². The van der Waals surface area contributed by atoms with Gasteiger partial charge in [0.05, 0.1) is 25.2 Å². The predicted molar refractivity (Wildman–Crippen MR) is 66.5 cm³/mol. The average molecular weight is 264 g/mol. The van der Waals surface area contributed by atoms with Gasteiger partial charge in [-0.3, -0.25) is 14.2 Å². The molecule has 1 aliphatic carbocycles. The maximum Gasteiger partial charge on any atom is 0.296 e. The van der Waals surface area contributed by atoms with Crippen LogP contribution in [0.2, 0.25) is 0 Å². The lowest BCUT2D eigenvalue weighted by molar-refractivity contribution is 0.0532. The molecule has 102 valence electrons. The van der Waals surface area contributed by atoms with E-state index in [9.17, 15) is 14.7 Å². The van der Waals surface area contributed by atoms with E-state index in [0.29, 0.717) is 25.6 Å². The topological polar surface area (TPSA) is 81.4 Å². The van der Waals surface area contributed by atoms with Crippen molar-refractivity contribution < 1.29 is 14.6 Å². The second kappa shape index (κ2) is 4.16. The molecule has 0 aromatic carbocycles. The molecule has 1 fully saturated rings. The number of rotatable bonds is 1. The summed E-state index contributed by atoms with van der Waals surface area (Å²) in [5.41, 5.74) is -0.912. The molecule has 2 aliphatic rings. The van der Waals surface area contributed by atoms with Gasteiger partial charge in [-0.1, -0.05) is 6.42 Å². The van der Waals surface area contributed by atoms with Gasteiger partial charge in [-0.05, 0) is 12.8 Å². The van der Waals surface area contributed by atoms with Gasteiger partial charge in [0.1, 0.15) is 5.82 Å². The minimum absolute atomic E-state index is 0.121. The molecule has 0 bridgehead atoms. The fourth-order valence-electron chi connectivity index (χ4n) is 2.86. The molecule has 0 radical (unpaired) electrons. The first kappa shape index (κ1) is 12.3. The number of ether oxygens (including phenoxy) is 1. The van der Waals surface area contributed by atoms with E-state index in [4.69, 9.17) is 4.74 Å². The Morgan fingerprint density at radius 2 is 2.21 bits per heavy atom. The number of Topliss-reactive ketones (excluding diaryl/α,β-unsaturated/α-hetero) is 1. The van der Waals surface area contributed by atoms with Gasteiger partial charge in [-0.2, -0.15) is 0 Å². The van der Waals surface area contributed by atoms with Crippen molar-refractivity contribution in [3.63, 3.8) is 0 Å². The summed E-state index contributed by atoms with van der Waals surface area (Å²) in [5, 5.41) is 9.82. The summed E-state index contributed by atoms with van der Waals surface area (Å²) in [7, 11) is 0. The van der Waals surface area contributed by atoms with E-state index < -0.39 is 17.1 Å². The van der Waals surface area contributed by atoms with Gasteiger partial charge in [-0.25, -0.2) is 4.98 Å². The first-order chi connectivity index (χ1) is 9.05. The van der Waals surface area contributed by atoms with Crippen molar-refractivity contribution in [1.29, 1.82) is 0 Å². The number of ketones is 1. The second-order valence-electron chi connectivity index (χ2n) is 5.33. The molecule has 1 saturated carbocycles. The quantitative estimate of drug-likeness (QED) is 0.751. The zero-order chi connectivity index (χ0) is 13.6. The van der Waals surface area contributed by atoms with Crippen LogP contribution in [0.1, 0.15) is 42.5 Å². The third-order valence-electron chi connectivity index (χ3n) is 4.10. The Morgan fingerprint density at radius 1 is 1.47 bits per heavy atom. The molecule has 2 heterocycles. The van der Waals surface area contributed by atoms with Crippen molar-refractivity contribution in [2.45, 2.75) is 38.1 Å². The molecule has 1 aromatic heterocycles. The average Bonchev–Trinajstić information content (AvgIpc) is 2.52. The minimum atomic E-state index is -0.548. The summed E-state index contributed by atoms with van der Waals surface area (Å²) in [6.45, 7) is 2.63. The van der Waals surface area contributed by atoms with E-state index in [0.717, 1.165) is 19.3 Å². The van der Waals surface area contributed by atoms with E-state index in [1.165, 1.54) is 11.5 Å². The molecule has 3 rings (SSSR count). The van der Waals surface area contributed by atoms with Gasteiger partial charge in [0.15, 0.2) is 11.5 Å². The van der Waals surface area contributed by atoms with Crippen LogP contribution in [0, 0.1) is 0 Å². The van der Waals surface area contributed by atoms with E-state index in [1.807, 2.05) is 0 Å². The van der Waals surface area contributed by atoms with Crippen molar-refractivity contribution in [1.82, 2.24) is 9.55 Å². The number of aromatic nitrogens is 2. The lowest BCUT2D eigenvalue weighted by Crippen LogP contribution is -2.43. The van der Waals surface area contributed by atoms with Crippen molar-refractivity contribution in [3.8, 4) is 5.75 Å². The zero-order valence-corrected chi connectivity index (χ0v) is 10.8. The number of carbonyl (C=O) groups excluding carboxylic acids is 1. The van der Waals surface area contributed by atoms with E-state index in [2.05, 4.69) is 4.98 Å². The molecular weight excluding hydrogens is 248 g/mol. The lowest BCUT2D eigenvalue weighted by atomic mass is 9.68. The molecule has 1 aromatic rings. The molecule has 0 amide bonds. The first-order valence-electron chi connectivity index (χ1n) is 6.48. The van der Waals surface area contributed by atoms with E-state index >= 15 is 0 Å². The zero-order valence-electron chi connectivity index (χ0n) is 10.8. The summed E-state index contributed by atoms with van der Waals surface area (Å²) in [6, 6.07) is 0. The fourth-order valence-corrected chi connectivity index (χ4v) is 2.86. The monoisotopic (exact) mass is 264 g/mol. The Morgan fingerprint density at radius 3 is 2.79 bits per heavy atom. The van der Waals surface area contributed by atoms with Crippen LogP contribution < -0.4 is 5.56 Å². The van der Waals surface area contributed by atoms with Gasteiger partial charge in [0.2, 0.25) is 5.75 Å². The smallest absolute Gasteiger partial charge is 0.296 e. The van der Waals surface area contributed by atoms with Crippen LogP contribution in [0.25, 0.3) is 0 Å². The van der Waals surface area contributed by atoms with Crippen molar-refractivity contribution in [2.75, 3.05) is 13.2 Å². The molecule has 6 heteroatoms. The Balaban J connectivity index is 2.27. The van der Waals surface area contributed by atoms with Gasteiger partial charge in [0.25, 0.3) is 5.56 Å². The van der Waals surface area contributed by atoms with Gasteiger partial charge in [0, 0.05) is 6.92 Å². The van der Waals surface area contributed by atoms with Gasteiger partial charge >= 0.3 is 0 Å². The lowest BCUT2D eigenvalue weighted by Gasteiger charge is -2.40.